The molecule has 3 aliphatic heterocycles. The average Bonchev–Trinajstić information content (AvgIpc) is 3.51. The number of amides is 2. The number of nitrogens with one attached hydrogen (secondary N) is 1. The number of rotatable bonds is 7. The fourth-order valence-corrected chi connectivity index (χ4v) is 5.76. The van der Waals surface area contributed by atoms with Crippen LogP contribution >= 0.6 is 11.3 Å². The highest BCUT2D eigenvalue weighted by atomic mass is 32.1. The van der Waals surface area contributed by atoms with Crippen LogP contribution in [0.1, 0.15) is 23.8 Å². The molecule has 1 aromatic carbocycles. The highest BCUT2D eigenvalue weighted by molar-refractivity contribution is 7.09. The Morgan fingerprint density at radius 3 is 2.90 bits per heavy atom. The third kappa shape index (κ3) is 3.38. The Morgan fingerprint density at radius 1 is 1.30 bits per heavy atom. The maximum atomic E-state index is 13.2. The second kappa shape index (κ2) is 7.67. The molecule has 2 aromatic rings. The van der Waals surface area contributed by atoms with E-state index in [0.717, 1.165) is 17.7 Å². The number of carbonyl (C=O) groups excluding carboxylic acids is 2. The van der Waals surface area contributed by atoms with E-state index in [1.807, 2.05) is 59.7 Å². The summed E-state index contributed by atoms with van der Waals surface area (Å²) in [5.41, 5.74) is 0.618. The number of likely N-dealkylation sites (tertiary alicyclic amines) is 1. The molecule has 0 aliphatic carbocycles. The average molecular weight is 423 g/mol. The van der Waals surface area contributed by atoms with Gasteiger partial charge in [0.25, 0.3) is 0 Å². The number of ether oxygens (including phenoxy) is 1. The Balaban J connectivity index is 1.25. The fourth-order valence-electron chi connectivity index (χ4n) is 5.04. The van der Waals surface area contributed by atoms with Gasteiger partial charge in [0, 0.05) is 10.9 Å². The van der Waals surface area contributed by atoms with Crippen molar-refractivity contribution in [2.24, 2.45) is 11.8 Å². The monoisotopic (exact) mass is 422 g/mol. The maximum Gasteiger partial charge on any atom is 0.230 e. The minimum absolute atomic E-state index is 0.0346. The molecule has 1 spiro atoms. The molecule has 5 nitrogen and oxygen atoms in total. The van der Waals surface area contributed by atoms with Gasteiger partial charge in [-0.25, -0.2) is 0 Å². The summed E-state index contributed by atoms with van der Waals surface area (Å²) in [7, 11) is 0. The highest BCUT2D eigenvalue weighted by Gasteiger charge is 2.66. The smallest absolute Gasteiger partial charge is 0.230 e. The first-order chi connectivity index (χ1) is 14.6. The molecule has 30 heavy (non-hydrogen) atoms. The molecule has 4 heterocycles. The molecule has 0 unspecified atom stereocenters. The fraction of sp³-hybridized carbons (Fsp3) is 0.417. The van der Waals surface area contributed by atoms with E-state index in [2.05, 4.69) is 17.4 Å². The Morgan fingerprint density at radius 2 is 2.13 bits per heavy atom. The van der Waals surface area contributed by atoms with E-state index in [4.69, 9.17) is 4.74 Å². The van der Waals surface area contributed by atoms with Crippen LogP contribution in [0.15, 0.2) is 60.0 Å². The van der Waals surface area contributed by atoms with Gasteiger partial charge in [0.1, 0.15) is 5.60 Å². The van der Waals surface area contributed by atoms with E-state index in [1.165, 1.54) is 5.56 Å². The number of aryl methyl sites for hydroxylation is 1. The minimum Gasteiger partial charge on any atom is -0.360 e. The standard InChI is InChI=1S/C24H26N2O3S/c1-16(9-10-17-6-3-2-4-7-17)25-22(27)20-19-11-12-24(29-19)15-26(23(28)21(20)24)14-18-8-5-13-30-18/h2-8,11-13,16,19-21H,9-10,14-15H2,1H3,(H,25,27)/t16-,19-,20+,21-,24+/m1/s1. The molecule has 3 aliphatic rings. The lowest BCUT2D eigenvalue weighted by molar-refractivity contribution is -0.138. The first-order valence-electron chi connectivity index (χ1n) is 10.6. The van der Waals surface area contributed by atoms with Gasteiger partial charge in [-0.15, -0.1) is 11.3 Å². The van der Waals surface area contributed by atoms with Crippen LogP contribution in [0.2, 0.25) is 0 Å². The summed E-state index contributed by atoms with van der Waals surface area (Å²) in [4.78, 5) is 29.4. The van der Waals surface area contributed by atoms with E-state index < -0.39 is 17.4 Å². The van der Waals surface area contributed by atoms with Crippen LogP contribution < -0.4 is 5.32 Å². The number of fused-ring (bicyclic) bond motifs is 1. The summed E-state index contributed by atoms with van der Waals surface area (Å²) in [6.45, 7) is 3.13. The van der Waals surface area contributed by atoms with E-state index in [9.17, 15) is 9.59 Å². The van der Waals surface area contributed by atoms with Gasteiger partial charge in [0.2, 0.25) is 11.8 Å². The van der Waals surface area contributed by atoms with Crippen molar-refractivity contribution in [3.05, 3.63) is 70.4 Å². The normalized spacial score (nSPS) is 30.0. The van der Waals surface area contributed by atoms with Crippen molar-refractivity contribution >= 4 is 23.2 Å². The van der Waals surface area contributed by atoms with Gasteiger partial charge < -0.3 is 15.0 Å². The molecule has 1 aromatic heterocycles. The van der Waals surface area contributed by atoms with Crippen molar-refractivity contribution in [2.75, 3.05) is 6.54 Å². The predicted molar refractivity (Wildman–Crippen MR) is 116 cm³/mol. The second-order valence-corrected chi connectivity index (χ2v) is 9.64. The van der Waals surface area contributed by atoms with E-state index >= 15 is 0 Å². The summed E-state index contributed by atoms with van der Waals surface area (Å²) in [5.74, 6) is -0.903. The topological polar surface area (TPSA) is 58.6 Å². The largest absolute Gasteiger partial charge is 0.360 e. The van der Waals surface area contributed by atoms with Crippen LogP contribution in [0.4, 0.5) is 0 Å². The maximum absolute atomic E-state index is 13.2. The van der Waals surface area contributed by atoms with Gasteiger partial charge in [-0.2, -0.15) is 0 Å². The lowest BCUT2D eigenvalue weighted by Gasteiger charge is -2.25. The van der Waals surface area contributed by atoms with E-state index in [1.54, 1.807) is 11.3 Å². The molecule has 156 valence electrons. The van der Waals surface area contributed by atoms with Gasteiger partial charge in [0.05, 0.1) is 31.0 Å². The van der Waals surface area contributed by atoms with Gasteiger partial charge in [0.15, 0.2) is 0 Å². The molecule has 1 N–H and O–H groups in total. The van der Waals surface area contributed by atoms with Gasteiger partial charge in [-0.1, -0.05) is 48.6 Å². The van der Waals surface area contributed by atoms with Crippen molar-refractivity contribution < 1.29 is 14.3 Å². The number of hydrogen-bond acceptors (Lipinski definition) is 4. The quantitative estimate of drug-likeness (QED) is 0.698. The molecule has 2 fully saturated rings. The Kier molecular flexibility index (Phi) is 4.99. The third-order valence-electron chi connectivity index (χ3n) is 6.51. The molecule has 2 amide bonds. The molecule has 0 saturated carbocycles. The van der Waals surface area contributed by atoms with Gasteiger partial charge in [-0.05, 0) is 36.8 Å². The molecule has 0 radical (unpaired) electrons. The second-order valence-electron chi connectivity index (χ2n) is 8.61. The number of benzene rings is 1. The van der Waals surface area contributed by atoms with Crippen molar-refractivity contribution in [1.29, 1.82) is 0 Å². The van der Waals surface area contributed by atoms with Gasteiger partial charge in [-0.3, -0.25) is 9.59 Å². The minimum atomic E-state index is -0.645. The van der Waals surface area contributed by atoms with Crippen LogP contribution in [-0.4, -0.2) is 41.0 Å². The van der Waals surface area contributed by atoms with Crippen molar-refractivity contribution in [3.8, 4) is 0 Å². The highest BCUT2D eigenvalue weighted by Crippen LogP contribution is 2.52. The molecular formula is C24H26N2O3S. The lowest BCUT2D eigenvalue weighted by atomic mass is 9.76. The number of thiophene rings is 1. The summed E-state index contributed by atoms with van der Waals surface area (Å²) in [6.07, 6.45) is 5.45. The SMILES string of the molecule is C[C@H](CCc1ccccc1)NC(=O)[C@H]1[C@H]2C=C[C@@]3(CN(Cc4cccs4)C(=O)[C@@H]13)O2. The van der Waals surface area contributed by atoms with E-state index in [0.29, 0.717) is 13.1 Å². The Bertz CT molecular complexity index is 958. The zero-order chi connectivity index (χ0) is 20.7. The number of hydrogen-bond donors (Lipinski definition) is 1. The lowest BCUT2D eigenvalue weighted by Crippen LogP contribution is -2.46. The Hall–Kier alpha value is -2.44. The van der Waals surface area contributed by atoms with Crippen LogP contribution in [0, 0.1) is 11.8 Å². The number of nitrogens with zero attached hydrogens (tertiary/aromatic N) is 1. The molecule has 2 saturated heterocycles. The molecule has 5 rings (SSSR count). The summed E-state index contributed by atoms with van der Waals surface area (Å²) in [5, 5.41) is 5.16. The van der Waals surface area contributed by atoms with Crippen LogP contribution in [0.3, 0.4) is 0 Å². The van der Waals surface area contributed by atoms with Crippen LogP contribution in [-0.2, 0) is 27.3 Å². The number of carbonyl (C=O) groups is 2. The first kappa shape index (κ1) is 19.5. The molecule has 5 atom stereocenters. The zero-order valence-corrected chi connectivity index (χ0v) is 17.8. The van der Waals surface area contributed by atoms with Gasteiger partial charge >= 0.3 is 0 Å². The molecule has 2 bridgehead atoms. The van der Waals surface area contributed by atoms with Crippen LogP contribution in [0.5, 0.6) is 0 Å². The zero-order valence-electron chi connectivity index (χ0n) is 17.0. The predicted octanol–water partition coefficient (Wildman–Crippen LogP) is 3.17. The molecule has 6 heteroatoms. The van der Waals surface area contributed by atoms with E-state index in [-0.39, 0.29) is 24.0 Å². The van der Waals surface area contributed by atoms with Crippen LogP contribution in [0.25, 0.3) is 0 Å². The first-order valence-corrected chi connectivity index (χ1v) is 11.5. The summed E-state index contributed by atoms with van der Waals surface area (Å²) in [6, 6.07) is 14.3. The Labute approximate surface area is 180 Å². The summed E-state index contributed by atoms with van der Waals surface area (Å²) < 4.78 is 6.22. The molecular weight excluding hydrogens is 396 g/mol. The van der Waals surface area contributed by atoms with Crippen molar-refractivity contribution in [3.63, 3.8) is 0 Å². The van der Waals surface area contributed by atoms with Crippen molar-refractivity contribution in [2.45, 2.75) is 44.1 Å². The third-order valence-corrected chi connectivity index (χ3v) is 7.37. The van der Waals surface area contributed by atoms with Crippen molar-refractivity contribution in [1.82, 2.24) is 10.2 Å². The summed E-state index contributed by atoms with van der Waals surface area (Å²) >= 11 is 1.64.